The molecule has 116 valence electrons. The van der Waals surface area contributed by atoms with Crippen LogP contribution < -0.4 is 5.73 Å². The highest BCUT2D eigenvalue weighted by Gasteiger charge is 2.06. The van der Waals surface area contributed by atoms with Crippen LogP contribution in [0.5, 0.6) is 0 Å². The molecule has 0 unspecified atom stereocenters. The summed E-state index contributed by atoms with van der Waals surface area (Å²) < 4.78 is 6.75. The van der Waals surface area contributed by atoms with Crippen molar-refractivity contribution >= 4 is 28.6 Å². The highest BCUT2D eigenvalue weighted by molar-refractivity contribution is 5.88. The molecular weight excluding hydrogens is 292 g/mol. The van der Waals surface area contributed by atoms with E-state index in [2.05, 4.69) is 9.97 Å². The lowest BCUT2D eigenvalue weighted by Gasteiger charge is -2.07. The average Bonchev–Trinajstić information content (AvgIpc) is 2.98. The number of carbonyl (C=O) groups is 1. The molecule has 0 atom stereocenters. The third-order valence-electron chi connectivity index (χ3n) is 3.38. The first kappa shape index (κ1) is 14.8. The second-order valence-electron chi connectivity index (χ2n) is 4.88. The summed E-state index contributed by atoms with van der Waals surface area (Å²) in [5.74, 6) is 0.289. The molecule has 23 heavy (non-hydrogen) atoms. The molecule has 0 bridgehead atoms. The van der Waals surface area contributed by atoms with Crippen molar-refractivity contribution in [3.8, 4) is 5.82 Å². The average molecular weight is 308 g/mol. The summed E-state index contributed by atoms with van der Waals surface area (Å²) in [4.78, 5) is 19.9. The molecule has 0 amide bonds. The van der Waals surface area contributed by atoms with Gasteiger partial charge in [0.15, 0.2) is 0 Å². The van der Waals surface area contributed by atoms with Crippen LogP contribution in [-0.2, 0) is 9.53 Å². The Balaban J connectivity index is 1.92. The van der Waals surface area contributed by atoms with Crippen LogP contribution in [0.3, 0.4) is 0 Å². The van der Waals surface area contributed by atoms with Crippen LogP contribution in [0.2, 0.25) is 0 Å². The highest BCUT2D eigenvalue weighted by Crippen LogP contribution is 2.21. The summed E-state index contributed by atoms with van der Waals surface area (Å²) >= 11 is 0. The first-order valence-corrected chi connectivity index (χ1v) is 7.21. The SMILES string of the molecule is CCOC(=O)C=Cc1cnc(-n2ccc3ccncc32)cc1N. The standard InChI is InChI=1S/C17H16N4O2/c1-2-23-17(22)4-3-13-10-20-16(9-14(13)18)21-8-6-12-5-7-19-11-15(12)21/h3-11H,2H2,1H3,(H2,18,20). The van der Waals surface area contributed by atoms with Crippen LogP contribution in [0.4, 0.5) is 5.69 Å². The van der Waals surface area contributed by atoms with Gasteiger partial charge in [-0.25, -0.2) is 9.78 Å². The van der Waals surface area contributed by atoms with Crippen LogP contribution in [0.15, 0.2) is 49.1 Å². The quantitative estimate of drug-likeness (QED) is 0.591. The molecule has 3 aromatic rings. The van der Waals surface area contributed by atoms with Gasteiger partial charge in [0.1, 0.15) is 5.82 Å². The van der Waals surface area contributed by atoms with E-state index in [1.54, 1.807) is 37.7 Å². The van der Waals surface area contributed by atoms with Crippen LogP contribution >= 0.6 is 0 Å². The second kappa shape index (κ2) is 6.31. The molecule has 3 aromatic heterocycles. The van der Waals surface area contributed by atoms with Crippen molar-refractivity contribution in [3.05, 3.63) is 54.6 Å². The largest absolute Gasteiger partial charge is 0.463 e. The number of hydrogen-bond donors (Lipinski definition) is 1. The maximum absolute atomic E-state index is 11.3. The predicted octanol–water partition coefficient (Wildman–Crippen LogP) is 2.58. The normalized spacial score (nSPS) is 11.2. The number of nitrogens with zero attached hydrogens (tertiary/aromatic N) is 3. The molecule has 0 aliphatic rings. The van der Waals surface area contributed by atoms with Gasteiger partial charge in [-0.05, 0) is 25.1 Å². The number of ether oxygens (including phenoxy) is 1. The van der Waals surface area contributed by atoms with Crippen molar-refractivity contribution in [2.45, 2.75) is 6.92 Å². The third-order valence-corrected chi connectivity index (χ3v) is 3.38. The van der Waals surface area contributed by atoms with Crippen LogP contribution in [0, 0.1) is 0 Å². The first-order chi connectivity index (χ1) is 11.2. The summed E-state index contributed by atoms with van der Waals surface area (Å²) in [6, 6.07) is 5.69. The van der Waals surface area contributed by atoms with Gasteiger partial charge in [-0.1, -0.05) is 0 Å². The van der Waals surface area contributed by atoms with Gasteiger partial charge in [-0.3, -0.25) is 9.55 Å². The molecule has 0 saturated carbocycles. The van der Waals surface area contributed by atoms with E-state index < -0.39 is 5.97 Å². The minimum Gasteiger partial charge on any atom is -0.463 e. The Morgan fingerprint density at radius 3 is 3.04 bits per heavy atom. The molecule has 3 rings (SSSR count). The number of nitrogens with two attached hydrogens (primary N) is 1. The molecule has 0 aliphatic carbocycles. The van der Waals surface area contributed by atoms with E-state index in [1.807, 2.05) is 22.9 Å². The zero-order valence-corrected chi connectivity index (χ0v) is 12.6. The van der Waals surface area contributed by atoms with Crippen LogP contribution in [0.25, 0.3) is 22.8 Å². The van der Waals surface area contributed by atoms with Crippen molar-refractivity contribution in [2.24, 2.45) is 0 Å². The van der Waals surface area contributed by atoms with Gasteiger partial charge < -0.3 is 10.5 Å². The maximum Gasteiger partial charge on any atom is 0.330 e. The van der Waals surface area contributed by atoms with Crippen LogP contribution in [-0.4, -0.2) is 27.1 Å². The number of anilines is 1. The Bertz CT molecular complexity index is 883. The van der Waals surface area contributed by atoms with Crippen molar-refractivity contribution in [1.82, 2.24) is 14.5 Å². The fourth-order valence-electron chi connectivity index (χ4n) is 2.26. The molecule has 0 spiro atoms. The van der Waals surface area contributed by atoms with Gasteiger partial charge in [0.05, 0.1) is 18.3 Å². The van der Waals surface area contributed by atoms with Crippen molar-refractivity contribution in [3.63, 3.8) is 0 Å². The van der Waals surface area contributed by atoms with E-state index in [9.17, 15) is 4.79 Å². The van der Waals surface area contributed by atoms with Gasteiger partial charge in [0, 0.05) is 47.4 Å². The molecule has 3 heterocycles. The Morgan fingerprint density at radius 1 is 1.39 bits per heavy atom. The molecular formula is C17H16N4O2. The molecule has 2 N–H and O–H groups in total. The van der Waals surface area contributed by atoms with Gasteiger partial charge >= 0.3 is 5.97 Å². The topological polar surface area (TPSA) is 83.0 Å². The number of aromatic nitrogens is 3. The second-order valence-corrected chi connectivity index (χ2v) is 4.88. The number of carbonyl (C=O) groups excluding carboxylic acids is 1. The van der Waals surface area contributed by atoms with E-state index in [1.165, 1.54) is 6.08 Å². The van der Waals surface area contributed by atoms with Crippen molar-refractivity contribution in [2.75, 3.05) is 12.3 Å². The summed E-state index contributed by atoms with van der Waals surface area (Å²) in [5.41, 5.74) is 8.20. The number of rotatable bonds is 4. The Kier molecular flexibility index (Phi) is 4.05. The van der Waals surface area contributed by atoms with Gasteiger partial charge in [0.2, 0.25) is 0 Å². The Hall–Kier alpha value is -3.15. The molecule has 0 aromatic carbocycles. The van der Waals surface area contributed by atoms with E-state index in [0.717, 1.165) is 10.9 Å². The number of nitrogen functional groups attached to an aromatic ring is 1. The van der Waals surface area contributed by atoms with Gasteiger partial charge in [0.25, 0.3) is 0 Å². The van der Waals surface area contributed by atoms with Crippen molar-refractivity contribution in [1.29, 1.82) is 0 Å². The zero-order valence-electron chi connectivity index (χ0n) is 12.6. The van der Waals surface area contributed by atoms with E-state index in [4.69, 9.17) is 10.5 Å². The smallest absolute Gasteiger partial charge is 0.330 e. The predicted molar refractivity (Wildman–Crippen MR) is 88.9 cm³/mol. The number of fused-ring (bicyclic) bond motifs is 1. The third kappa shape index (κ3) is 3.06. The Labute approximate surface area is 133 Å². The number of pyridine rings is 2. The highest BCUT2D eigenvalue weighted by atomic mass is 16.5. The lowest BCUT2D eigenvalue weighted by atomic mass is 10.2. The monoisotopic (exact) mass is 308 g/mol. The summed E-state index contributed by atoms with van der Waals surface area (Å²) in [6.07, 6.45) is 10.0. The number of hydrogen-bond acceptors (Lipinski definition) is 5. The first-order valence-electron chi connectivity index (χ1n) is 7.21. The summed E-state index contributed by atoms with van der Waals surface area (Å²) in [5, 5.41) is 1.08. The van der Waals surface area contributed by atoms with E-state index in [0.29, 0.717) is 23.7 Å². The van der Waals surface area contributed by atoms with E-state index >= 15 is 0 Å². The minimum absolute atomic E-state index is 0.338. The fraction of sp³-hybridized carbons (Fsp3) is 0.118. The van der Waals surface area contributed by atoms with Crippen LogP contribution in [0.1, 0.15) is 12.5 Å². The molecule has 0 fully saturated rings. The Morgan fingerprint density at radius 2 is 2.26 bits per heavy atom. The molecule has 0 aliphatic heterocycles. The lowest BCUT2D eigenvalue weighted by Crippen LogP contribution is -2.01. The van der Waals surface area contributed by atoms with Gasteiger partial charge in [-0.2, -0.15) is 0 Å². The lowest BCUT2D eigenvalue weighted by molar-refractivity contribution is -0.137. The number of esters is 1. The molecule has 6 heteroatoms. The zero-order chi connectivity index (χ0) is 16.2. The van der Waals surface area contributed by atoms with Crippen molar-refractivity contribution < 1.29 is 9.53 Å². The molecule has 0 radical (unpaired) electrons. The molecule has 0 saturated heterocycles. The van der Waals surface area contributed by atoms with Gasteiger partial charge in [-0.15, -0.1) is 0 Å². The molecule has 6 nitrogen and oxygen atoms in total. The van der Waals surface area contributed by atoms with E-state index in [-0.39, 0.29) is 0 Å². The minimum atomic E-state index is -0.404. The fourth-order valence-corrected chi connectivity index (χ4v) is 2.26. The summed E-state index contributed by atoms with van der Waals surface area (Å²) in [6.45, 7) is 2.09. The summed E-state index contributed by atoms with van der Waals surface area (Å²) in [7, 11) is 0. The maximum atomic E-state index is 11.3.